The first-order valence-corrected chi connectivity index (χ1v) is 5.34. The van der Waals surface area contributed by atoms with Crippen molar-refractivity contribution in [2.45, 2.75) is 6.42 Å². The molecule has 1 nitrogen and oxygen atoms in total. The molecule has 68 valence electrons. The smallest absolute Gasteiger partial charge is 0.0654 e. The molecular weight excluding hydrogens is 249 g/mol. The zero-order valence-corrected chi connectivity index (χ0v) is 9.32. The second-order valence-corrected chi connectivity index (χ2v) is 4.29. The first kappa shape index (κ1) is 9.10. The molecule has 2 rings (SSSR count). The Labute approximate surface area is 90.9 Å². The van der Waals surface area contributed by atoms with Crippen LogP contribution < -0.4 is 5.32 Å². The van der Waals surface area contributed by atoms with Crippen molar-refractivity contribution in [1.29, 1.82) is 0 Å². The quantitative estimate of drug-likeness (QED) is 0.743. The van der Waals surface area contributed by atoms with Crippen molar-refractivity contribution >= 4 is 39.3 Å². The lowest BCUT2D eigenvalue weighted by Gasteiger charge is -2.09. The number of hydrogen-bond acceptors (Lipinski definition) is 1. The summed E-state index contributed by atoms with van der Waals surface area (Å²) in [6.07, 6.45) is 5.30. The number of nitrogens with one attached hydrogen (secondary N) is 1. The predicted molar refractivity (Wildman–Crippen MR) is 61.3 cm³/mol. The van der Waals surface area contributed by atoms with Crippen LogP contribution in [-0.4, -0.2) is 6.54 Å². The van der Waals surface area contributed by atoms with E-state index in [1.165, 1.54) is 0 Å². The zero-order chi connectivity index (χ0) is 9.26. The molecular formula is C10H9BrClN. The maximum Gasteiger partial charge on any atom is 0.0654 e. The minimum absolute atomic E-state index is 0.774. The number of fused-ring (bicyclic) bond motifs is 1. The van der Waals surface area contributed by atoms with Crippen molar-refractivity contribution in [3.8, 4) is 0 Å². The Morgan fingerprint density at radius 1 is 1.38 bits per heavy atom. The zero-order valence-electron chi connectivity index (χ0n) is 6.98. The van der Waals surface area contributed by atoms with E-state index in [4.69, 9.17) is 11.6 Å². The Kier molecular flexibility index (Phi) is 2.61. The molecule has 1 heterocycles. The summed E-state index contributed by atoms with van der Waals surface area (Å²) in [7, 11) is 0. The molecule has 0 fully saturated rings. The summed E-state index contributed by atoms with van der Waals surface area (Å²) in [5, 5.41) is 4.08. The van der Waals surface area contributed by atoms with Crippen molar-refractivity contribution in [3.63, 3.8) is 0 Å². The minimum Gasteiger partial charge on any atom is -0.383 e. The van der Waals surface area contributed by atoms with Crippen LogP contribution in [0.4, 0.5) is 5.69 Å². The van der Waals surface area contributed by atoms with Crippen LogP contribution in [0.1, 0.15) is 12.0 Å². The number of anilines is 1. The third-order valence-corrected chi connectivity index (χ3v) is 2.75. The van der Waals surface area contributed by atoms with Gasteiger partial charge in [-0.25, -0.2) is 0 Å². The Morgan fingerprint density at radius 2 is 2.23 bits per heavy atom. The highest BCUT2D eigenvalue weighted by molar-refractivity contribution is 9.10. The van der Waals surface area contributed by atoms with E-state index in [1.807, 2.05) is 6.07 Å². The van der Waals surface area contributed by atoms with Crippen LogP contribution >= 0.6 is 27.5 Å². The molecule has 1 aromatic rings. The topological polar surface area (TPSA) is 12.0 Å². The van der Waals surface area contributed by atoms with Gasteiger partial charge in [0.2, 0.25) is 0 Å². The summed E-state index contributed by atoms with van der Waals surface area (Å²) in [6.45, 7) is 0.949. The second-order valence-electron chi connectivity index (χ2n) is 2.97. The van der Waals surface area contributed by atoms with E-state index < -0.39 is 0 Å². The van der Waals surface area contributed by atoms with E-state index in [0.29, 0.717) is 0 Å². The lowest BCUT2D eigenvalue weighted by atomic mass is 10.2. The van der Waals surface area contributed by atoms with Gasteiger partial charge in [-0.1, -0.05) is 39.7 Å². The molecule has 13 heavy (non-hydrogen) atoms. The summed E-state index contributed by atoms with van der Waals surface area (Å²) >= 11 is 9.51. The van der Waals surface area contributed by atoms with Crippen LogP contribution in [0.2, 0.25) is 5.02 Å². The van der Waals surface area contributed by atoms with Crippen molar-refractivity contribution in [2.24, 2.45) is 0 Å². The molecule has 1 aliphatic rings. The minimum atomic E-state index is 0.774. The Balaban J connectivity index is 2.56. The summed E-state index contributed by atoms with van der Waals surface area (Å²) in [5.41, 5.74) is 2.19. The molecule has 0 radical (unpaired) electrons. The maximum absolute atomic E-state index is 6.09. The normalized spacial score (nSPS) is 14.6. The van der Waals surface area contributed by atoms with Crippen LogP contribution in [0.5, 0.6) is 0 Å². The van der Waals surface area contributed by atoms with Gasteiger partial charge in [0, 0.05) is 11.0 Å². The van der Waals surface area contributed by atoms with Gasteiger partial charge in [-0.05, 0) is 24.1 Å². The van der Waals surface area contributed by atoms with Crippen molar-refractivity contribution in [3.05, 3.63) is 33.3 Å². The molecule has 0 aromatic heterocycles. The molecule has 0 atom stereocenters. The monoisotopic (exact) mass is 257 g/mol. The lowest BCUT2D eigenvalue weighted by Crippen LogP contribution is -2.00. The molecule has 0 amide bonds. The Morgan fingerprint density at radius 3 is 3.08 bits per heavy atom. The van der Waals surface area contributed by atoms with Gasteiger partial charge in [0.25, 0.3) is 0 Å². The third-order valence-electron chi connectivity index (χ3n) is 2.00. The van der Waals surface area contributed by atoms with Gasteiger partial charge in [-0.15, -0.1) is 0 Å². The number of halogens is 2. The van der Waals surface area contributed by atoms with Crippen LogP contribution in [0, 0.1) is 0 Å². The lowest BCUT2D eigenvalue weighted by molar-refractivity contribution is 1.08. The summed E-state index contributed by atoms with van der Waals surface area (Å²) < 4.78 is 1.02. The van der Waals surface area contributed by atoms with Crippen LogP contribution in [0.3, 0.4) is 0 Å². The van der Waals surface area contributed by atoms with Crippen LogP contribution in [0.15, 0.2) is 22.7 Å². The molecule has 1 aromatic carbocycles. The molecule has 0 saturated carbocycles. The fourth-order valence-corrected chi connectivity index (χ4v) is 2.30. The first-order chi connectivity index (χ1) is 6.27. The molecule has 0 spiro atoms. The third kappa shape index (κ3) is 1.89. The van der Waals surface area contributed by atoms with Crippen molar-refractivity contribution in [1.82, 2.24) is 0 Å². The average molecular weight is 259 g/mol. The van der Waals surface area contributed by atoms with E-state index in [1.54, 1.807) is 0 Å². The van der Waals surface area contributed by atoms with Gasteiger partial charge in [0.05, 0.1) is 10.7 Å². The second kappa shape index (κ2) is 3.72. The van der Waals surface area contributed by atoms with Gasteiger partial charge < -0.3 is 5.32 Å². The van der Waals surface area contributed by atoms with Gasteiger partial charge in [0.15, 0.2) is 0 Å². The van der Waals surface area contributed by atoms with E-state index in [9.17, 15) is 0 Å². The summed E-state index contributed by atoms with van der Waals surface area (Å²) in [6, 6.07) is 3.97. The van der Waals surface area contributed by atoms with Crippen LogP contribution in [0.25, 0.3) is 6.08 Å². The van der Waals surface area contributed by atoms with Gasteiger partial charge in [-0.2, -0.15) is 0 Å². The van der Waals surface area contributed by atoms with E-state index >= 15 is 0 Å². The number of benzene rings is 1. The highest BCUT2D eigenvalue weighted by atomic mass is 79.9. The van der Waals surface area contributed by atoms with Gasteiger partial charge in [0.1, 0.15) is 0 Å². The van der Waals surface area contributed by atoms with E-state index in [2.05, 4.69) is 39.5 Å². The maximum atomic E-state index is 6.09. The van der Waals surface area contributed by atoms with Crippen molar-refractivity contribution in [2.75, 3.05) is 11.9 Å². The molecule has 0 unspecified atom stereocenters. The standard InChI is InChI=1S/C10H9BrClN/c11-8-5-7-3-1-2-4-13-10(7)9(12)6-8/h1,3,5-6,13H,2,4H2. The van der Waals surface area contributed by atoms with Crippen LogP contribution in [-0.2, 0) is 0 Å². The van der Waals surface area contributed by atoms with Gasteiger partial charge >= 0.3 is 0 Å². The Hall–Kier alpha value is -0.470. The summed E-state index contributed by atoms with van der Waals surface area (Å²) in [5.74, 6) is 0. The Bertz CT molecular complexity index is 360. The first-order valence-electron chi connectivity index (χ1n) is 4.17. The van der Waals surface area contributed by atoms with E-state index in [0.717, 1.165) is 33.7 Å². The highest BCUT2D eigenvalue weighted by Crippen LogP contribution is 2.32. The van der Waals surface area contributed by atoms with E-state index in [-0.39, 0.29) is 0 Å². The molecule has 1 N–H and O–H groups in total. The number of rotatable bonds is 0. The SMILES string of the molecule is Clc1cc(Br)cc2c1NCCC=C2. The van der Waals surface area contributed by atoms with Crippen molar-refractivity contribution < 1.29 is 0 Å². The average Bonchev–Trinajstić information content (AvgIpc) is 2.28. The molecule has 1 aliphatic heterocycles. The molecule has 0 bridgehead atoms. The molecule has 3 heteroatoms. The number of hydrogen-bond donors (Lipinski definition) is 1. The predicted octanol–water partition coefficient (Wildman–Crippen LogP) is 3.93. The largest absolute Gasteiger partial charge is 0.383 e. The fourth-order valence-electron chi connectivity index (χ4n) is 1.40. The highest BCUT2D eigenvalue weighted by Gasteiger charge is 2.07. The summed E-state index contributed by atoms with van der Waals surface area (Å²) in [4.78, 5) is 0. The molecule has 0 saturated heterocycles. The van der Waals surface area contributed by atoms with Gasteiger partial charge in [-0.3, -0.25) is 0 Å². The molecule has 0 aliphatic carbocycles. The fraction of sp³-hybridized carbons (Fsp3) is 0.200.